The quantitative estimate of drug-likeness (QED) is 0.721. The molecule has 24 heavy (non-hydrogen) atoms. The minimum absolute atomic E-state index is 0.204. The van der Waals surface area contributed by atoms with Crippen molar-refractivity contribution in [2.24, 2.45) is 0 Å². The Balaban J connectivity index is 1.32. The molecule has 8 heteroatoms. The maximum absolute atomic E-state index is 12.3. The van der Waals surface area contributed by atoms with Crippen molar-refractivity contribution in [3.8, 4) is 0 Å². The van der Waals surface area contributed by atoms with E-state index in [0.29, 0.717) is 13.0 Å². The molecule has 1 aliphatic rings. The molecule has 128 valence electrons. The lowest BCUT2D eigenvalue weighted by Crippen LogP contribution is -2.49. The number of rotatable bonds is 7. The van der Waals surface area contributed by atoms with Gasteiger partial charge in [0.15, 0.2) is 0 Å². The summed E-state index contributed by atoms with van der Waals surface area (Å²) in [7, 11) is 0. The second-order valence-corrected chi connectivity index (χ2v) is 5.69. The summed E-state index contributed by atoms with van der Waals surface area (Å²) in [6, 6.07) is 3.71. The van der Waals surface area contributed by atoms with Crippen LogP contribution in [0.1, 0.15) is 6.42 Å². The van der Waals surface area contributed by atoms with Crippen molar-refractivity contribution in [2.75, 3.05) is 44.2 Å². The Morgan fingerprint density at radius 1 is 1.04 bits per heavy atom. The molecule has 0 spiro atoms. The lowest BCUT2D eigenvalue weighted by atomic mass is 10.3. The topological polar surface area (TPSA) is 79.2 Å². The molecule has 3 rings (SSSR count). The number of nitrogens with zero attached hydrogens (tertiary/aromatic N) is 6. The first-order valence-corrected chi connectivity index (χ1v) is 8.31. The van der Waals surface area contributed by atoms with Crippen molar-refractivity contribution in [3.05, 3.63) is 36.9 Å². The van der Waals surface area contributed by atoms with Crippen LogP contribution in [0.3, 0.4) is 0 Å². The van der Waals surface area contributed by atoms with Crippen molar-refractivity contribution in [1.29, 1.82) is 0 Å². The van der Waals surface area contributed by atoms with Gasteiger partial charge >= 0.3 is 0 Å². The van der Waals surface area contributed by atoms with Crippen molar-refractivity contribution in [3.63, 3.8) is 0 Å². The number of hydrogen-bond donors (Lipinski definition) is 1. The Kier molecular flexibility index (Phi) is 5.73. The lowest BCUT2D eigenvalue weighted by molar-refractivity contribution is -0.131. The fourth-order valence-corrected chi connectivity index (χ4v) is 2.72. The fraction of sp³-hybridized carbons (Fsp3) is 0.500. The van der Waals surface area contributed by atoms with E-state index in [1.54, 1.807) is 18.6 Å². The third kappa shape index (κ3) is 4.51. The van der Waals surface area contributed by atoms with Gasteiger partial charge in [-0.1, -0.05) is 0 Å². The molecule has 1 amide bonds. The average molecular weight is 329 g/mol. The zero-order valence-electron chi connectivity index (χ0n) is 13.7. The van der Waals surface area contributed by atoms with Gasteiger partial charge in [-0.2, -0.15) is 5.10 Å². The van der Waals surface area contributed by atoms with Gasteiger partial charge in [0.2, 0.25) is 11.9 Å². The smallest absolute Gasteiger partial charge is 0.225 e. The van der Waals surface area contributed by atoms with Gasteiger partial charge in [-0.05, 0) is 12.1 Å². The molecule has 3 heterocycles. The van der Waals surface area contributed by atoms with E-state index in [4.69, 9.17) is 0 Å². The number of nitrogens with one attached hydrogen (secondary N) is 1. The standard InChI is InChI=1S/C16H23N7O/c24-15(3-7-17-8-10-23-9-2-6-20-23)21-11-13-22(14-12-21)16-18-4-1-5-19-16/h1-2,4-6,9,17H,3,7-8,10-14H2. The number of aromatic nitrogens is 4. The molecule has 1 fully saturated rings. The van der Waals surface area contributed by atoms with Crippen molar-refractivity contribution < 1.29 is 4.79 Å². The molecule has 1 saturated heterocycles. The molecule has 0 bridgehead atoms. The maximum Gasteiger partial charge on any atom is 0.225 e. The predicted molar refractivity (Wildman–Crippen MR) is 90.5 cm³/mol. The van der Waals surface area contributed by atoms with Crippen LogP contribution in [0, 0.1) is 0 Å². The van der Waals surface area contributed by atoms with E-state index in [1.807, 2.05) is 27.9 Å². The van der Waals surface area contributed by atoms with Crippen LogP contribution in [0.5, 0.6) is 0 Å². The van der Waals surface area contributed by atoms with Crippen LogP contribution < -0.4 is 10.2 Å². The second kappa shape index (κ2) is 8.39. The van der Waals surface area contributed by atoms with E-state index in [2.05, 4.69) is 25.3 Å². The molecule has 2 aromatic heterocycles. The minimum Gasteiger partial charge on any atom is -0.339 e. The predicted octanol–water partition coefficient (Wildman–Crippen LogP) is 0.00160. The third-order valence-corrected chi connectivity index (χ3v) is 4.06. The maximum atomic E-state index is 12.3. The van der Waals surface area contributed by atoms with E-state index in [9.17, 15) is 4.79 Å². The first kappa shape index (κ1) is 16.4. The summed E-state index contributed by atoms with van der Waals surface area (Å²) in [5, 5.41) is 7.43. The normalized spacial score (nSPS) is 14.8. The van der Waals surface area contributed by atoms with E-state index in [1.165, 1.54) is 0 Å². The first-order chi connectivity index (χ1) is 11.8. The summed E-state index contributed by atoms with van der Waals surface area (Å²) < 4.78 is 1.87. The lowest BCUT2D eigenvalue weighted by Gasteiger charge is -2.34. The Hall–Kier alpha value is -2.48. The van der Waals surface area contributed by atoms with Crippen molar-refractivity contribution >= 4 is 11.9 Å². The molecule has 8 nitrogen and oxygen atoms in total. The summed E-state index contributed by atoms with van der Waals surface area (Å²) in [5.41, 5.74) is 0. The first-order valence-electron chi connectivity index (χ1n) is 8.31. The van der Waals surface area contributed by atoms with Gasteiger partial charge in [-0.25, -0.2) is 9.97 Å². The summed E-state index contributed by atoms with van der Waals surface area (Å²) in [4.78, 5) is 24.8. The third-order valence-electron chi connectivity index (χ3n) is 4.06. The molecular formula is C16H23N7O. The van der Waals surface area contributed by atoms with Gasteiger partial charge in [-0.3, -0.25) is 9.48 Å². The van der Waals surface area contributed by atoms with Gasteiger partial charge in [0.25, 0.3) is 0 Å². The Labute approximate surface area is 141 Å². The van der Waals surface area contributed by atoms with Crippen LogP contribution in [0.15, 0.2) is 36.9 Å². The number of carbonyl (C=O) groups is 1. The second-order valence-electron chi connectivity index (χ2n) is 5.69. The average Bonchev–Trinajstić information content (AvgIpc) is 3.16. The van der Waals surface area contributed by atoms with Gasteiger partial charge in [-0.15, -0.1) is 0 Å². The van der Waals surface area contributed by atoms with Crippen molar-refractivity contribution in [2.45, 2.75) is 13.0 Å². The molecule has 1 aliphatic heterocycles. The Morgan fingerprint density at radius 3 is 2.54 bits per heavy atom. The molecular weight excluding hydrogens is 306 g/mol. The molecule has 0 aliphatic carbocycles. The van der Waals surface area contributed by atoms with Crippen LogP contribution in [-0.2, 0) is 11.3 Å². The molecule has 0 radical (unpaired) electrons. The number of hydrogen-bond acceptors (Lipinski definition) is 6. The van der Waals surface area contributed by atoms with Gasteiger partial charge < -0.3 is 15.1 Å². The summed E-state index contributed by atoms with van der Waals surface area (Å²) in [5.74, 6) is 0.945. The highest BCUT2D eigenvalue weighted by Crippen LogP contribution is 2.10. The molecule has 0 saturated carbocycles. The molecule has 0 atom stereocenters. The van der Waals surface area contributed by atoms with E-state index in [-0.39, 0.29) is 5.91 Å². The SMILES string of the molecule is O=C(CCNCCn1cccn1)N1CCN(c2ncccn2)CC1. The van der Waals surface area contributed by atoms with Crippen LogP contribution in [-0.4, -0.2) is 69.8 Å². The number of carbonyl (C=O) groups excluding carboxylic acids is 1. The summed E-state index contributed by atoms with van der Waals surface area (Å²) in [6.45, 7) is 5.34. The monoisotopic (exact) mass is 329 g/mol. The number of anilines is 1. The van der Waals surface area contributed by atoms with E-state index >= 15 is 0 Å². The largest absolute Gasteiger partial charge is 0.339 e. The molecule has 0 unspecified atom stereocenters. The number of piperazine rings is 1. The van der Waals surface area contributed by atoms with Gasteiger partial charge in [0, 0.05) is 70.5 Å². The summed E-state index contributed by atoms with van der Waals surface area (Å²) in [6.07, 6.45) is 7.72. The highest BCUT2D eigenvalue weighted by Gasteiger charge is 2.21. The highest BCUT2D eigenvalue weighted by atomic mass is 16.2. The zero-order valence-corrected chi connectivity index (χ0v) is 13.7. The number of amides is 1. The highest BCUT2D eigenvalue weighted by molar-refractivity contribution is 5.76. The fourth-order valence-electron chi connectivity index (χ4n) is 2.72. The van der Waals surface area contributed by atoms with Crippen LogP contribution in [0.25, 0.3) is 0 Å². The van der Waals surface area contributed by atoms with E-state index < -0.39 is 0 Å². The van der Waals surface area contributed by atoms with Crippen LogP contribution >= 0.6 is 0 Å². The zero-order chi connectivity index (χ0) is 16.6. The Bertz CT molecular complexity index is 609. The molecule has 1 N–H and O–H groups in total. The van der Waals surface area contributed by atoms with Crippen LogP contribution in [0.2, 0.25) is 0 Å². The molecule has 2 aromatic rings. The summed E-state index contributed by atoms with van der Waals surface area (Å²) >= 11 is 0. The van der Waals surface area contributed by atoms with E-state index in [0.717, 1.165) is 45.2 Å². The van der Waals surface area contributed by atoms with Crippen molar-refractivity contribution in [1.82, 2.24) is 30.0 Å². The Morgan fingerprint density at radius 2 is 1.83 bits per heavy atom. The van der Waals surface area contributed by atoms with Crippen LogP contribution in [0.4, 0.5) is 5.95 Å². The minimum atomic E-state index is 0.204. The van der Waals surface area contributed by atoms with Gasteiger partial charge in [0.05, 0.1) is 6.54 Å². The molecule has 0 aromatic carbocycles. The van der Waals surface area contributed by atoms with Gasteiger partial charge in [0.1, 0.15) is 0 Å².